The van der Waals surface area contributed by atoms with E-state index in [4.69, 9.17) is 21.1 Å². The summed E-state index contributed by atoms with van der Waals surface area (Å²) in [5, 5.41) is 3.39. The molecule has 4 heteroatoms. The van der Waals surface area contributed by atoms with E-state index >= 15 is 0 Å². The second-order valence-electron chi connectivity index (χ2n) is 4.66. The minimum absolute atomic E-state index is 0.464. The van der Waals surface area contributed by atoms with Crippen LogP contribution in [0.15, 0.2) is 47.8 Å². The molecule has 0 bridgehead atoms. The van der Waals surface area contributed by atoms with Gasteiger partial charge in [-0.1, -0.05) is 24.3 Å². The van der Waals surface area contributed by atoms with E-state index in [1.165, 1.54) is 15.6 Å². The molecule has 0 radical (unpaired) electrons. The Labute approximate surface area is 132 Å². The number of benzene rings is 2. The van der Waals surface area contributed by atoms with Crippen molar-refractivity contribution in [3.63, 3.8) is 0 Å². The Morgan fingerprint density at radius 1 is 1.10 bits per heavy atom. The smallest absolute Gasteiger partial charge is 0.161 e. The molecule has 0 unspecified atom stereocenters. The molecule has 2 aromatic carbocycles. The van der Waals surface area contributed by atoms with Gasteiger partial charge in [-0.25, -0.2) is 0 Å². The highest BCUT2D eigenvalue weighted by atomic mass is 35.5. The van der Waals surface area contributed by atoms with E-state index in [2.05, 4.69) is 29.6 Å². The van der Waals surface area contributed by atoms with Crippen molar-refractivity contribution in [2.45, 2.75) is 12.5 Å². The van der Waals surface area contributed by atoms with Crippen LogP contribution in [0.1, 0.15) is 11.1 Å². The standard InChI is InChI=1S/C17H15ClO2S/c1-19-16-8-12(9-18)6-7-15(16)20-10-13-11-21-17-5-3-2-4-14(13)17/h2-8,11H,9-10H2,1H3. The summed E-state index contributed by atoms with van der Waals surface area (Å²) in [6, 6.07) is 14.1. The molecule has 0 aliphatic rings. The first-order valence-electron chi connectivity index (χ1n) is 6.62. The van der Waals surface area contributed by atoms with Crippen molar-refractivity contribution in [3.05, 3.63) is 59.0 Å². The van der Waals surface area contributed by atoms with Crippen molar-refractivity contribution in [2.24, 2.45) is 0 Å². The first-order chi connectivity index (χ1) is 10.3. The Balaban J connectivity index is 1.81. The van der Waals surface area contributed by atoms with Crippen molar-refractivity contribution in [3.8, 4) is 11.5 Å². The number of rotatable bonds is 5. The molecular formula is C17H15ClO2S. The maximum absolute atomic E-state index is 5.92. The van der Waals surface area contributed by atoms with Crippen LogP contribution in [0, 0.1) is 0 Å². The molecular weight excluding hydrogens is 304 g/mol. The number of hydrogen-bond donors (Lipinski definition) is 0. The summed E-state index contributed by atoms with van der Waals surface area (Å²) in [6.07, 6.45) is 0. The van der Waals surface area contributed by atoms with Crippen LogP contribution < -0.4 is 9.47 Å². The molecule has 2 nitrogen and oxygen atoms in total. The number of hydrogen-bond acceptors (Lipinski definition) is 3. The molecule has 1 aromatic heterocycles. The van der Waals surface area contributed by atoms with Crippen LogP contribution in [0.2, 0.25) is 0 Å². The highest BCUT2D eigenvalue weighted by molar-refractivity contribution is 7.17. The molecule has 0 atom stereocenters. The second-order valence-corrected chi connectivity index (χ2v) is 5.84. The molecule has 0 spiro atoms. The van der Waals surface area contributed by atoms with Crippen molar-refractivity contribution in [1.29, 1.82) is 0 Å². The lowest BCUT2D eigenvalue weighted by Crippen LogP contribution is -1.97. The van der Waals surface area contributed by atoms with E-state index in [0.29, 0.717) is 18.2 Å². The fraction of sp³-hybridized carbons (Fsp3) is 0.176. The predicted octanol–water partition coefficient (Wildman–Crippen LogP) is 5.23. The lowest BCUT2D eigenvalue weighted by atomic mass is 10.2. The van der Waals surface area contributed by atoms with Gasteiger partial charge in [0.2, 0.25) is 0 Å². The minimum Gasteiger partial charge on any atom is -0.493 e. The number of fused-ring (bicyclic) bond motifs is 1. The topological polar surface area (TPSA) is 18.5 Å². The molecule has 108 valence electrons. The van der Waals surface area contributed by atoms with Crippen LogP contribution in [0.25, 0.3) is 10.1 Å². The average molecular weight is 319 g/mol. The molecule has 0 saturated heterocycles. The Morgan fingerprint density at radius 2 is 1.95 bits per heavy atom. The quantitative estimate of drug-likeness (QED) is 0.600. The molecule has 0 N–H and O–H groups in total. The Hall–Kier alpha value is -1.71. The first kappa shape index (κ1) is 14.2. The van der Waals surface area contributed by atoms with Gasteiger partial charge < -0.3 is 9.47 Å². The van der Waals surface area contributed by atoms with E-state index < -0.39 is 0 Å². The van der Waals surface area contributed by atoms with Crippen LogP contribution in [0.3, 0.4) is 0 Å². The number of thiophene rings is 1. The highest BCUT2D eigenvalue weighted by Gasteiger charge is 2.08. The predicted molar refractivity (Wildman–Crippen MR) is 88.7 cm³/mol. The Morgan fingerprint density at radius 3 is 2.76 bits per heavy atom. The molecule has 3 rings (SSSR count). The second kappa shape index (κ2) is 6.37. The summed E-state index contributed by atoms with van der Waals surface area (Å²) in [5.41, 5.74) is 2.21. The third kappa shape index (κ3) is 2.99. The van der Waals surface area contributed by atoms with E-state index in [1.54, 1.807) is 18.4 Å². The van der Waals surface area contributed by atoms with Gasteiger partial charge in [-0.2, -0.15) is 0 Å². The Bertz CT molecular complexity index is 751. The summed E-state index contributed by atoms with van der Waals surface area (Å²) in [5.74, 6) is 1.92. The lowest BCUT2D eigenvalue weighted by Gasteiger charge is -2.11. The van der Waals surface area contributed by atoms with Gasteiger partial charge in [0.25, 0.3) is 0 Å². The van der Waals surface area contributed by atoms with Gasteiger partial charge in [0.15, 0.2) is 11.5 Å². The highest BCUT2D eigenvalue weighted by Crippen LogP contribution is 2.31. The molecule has 0 saturated carbocycles. The maximum atomic E-state index is 5.92. The van der Waals surface area contributed by atoms with Crippen LogP contribution >= 0.6 is 22.9 Å². The van der Waals surface area contributed by atoms with Crippen molar-refractivity contribution >= 4 is 33.0 Å². The molecule has 0 aliphatic carbocycles. The molecule has 3 aromatic rings. The van der Waals surface area contributed by atoms with E-state index in [-0.39, 0.29) is 0 Å². The van der Waals surface area contributed by atoms with Crippen LogP contribution in [0.5, 0.6) is 11.5 Å². The Kier molecular flexibility index (Phi) is 4.32. The van der Waals surface area contributed by atoms with Gasteiger partial charge >= 0.3 is 0 Å². The monoisotopic (exact) mass is 318 g/mol. The fourth-order valence-electron chi connectivity index (χ4n) is 2.21. The van der Waals surface area contributed by atoms with Crippen molar-refractivity contribution in [2.75, 3.05) is 7.11 Å². The van der Waals surface area contributed by atoms with E-state index in [0.717, 1.165) is 11.3 Å². The molecule has 0 amide bonds. The number of ether oxygens (including phenoxy) is 2. The van der Waals surface area contributed by atoms with Gasteiger partial charge in [0, 0.05) is 16.1 Å². The summed E-state index contributed by atoms with van der Waals surface area (Å²) >= 11 is 7.57. The summed E-state index contributed by atoms with van der Waals surface area (Å²) < 4.78 is 12.6. The fourth-order valence-corrected chi connectivity index (χ4v) is 3.33. The zero-order valence-electron chi connectivity index (χ0n) is 11.6. The van der Waals surface area contributed by atoms with Gasteiger partial charge in [-0.15, -0.1) is 22.9 Å². The first-order valence-corrected chi connectivity index (χ1v) is 8.04. The van der Waals surface area contributed by atoms with E-state index in [9.17, 15) is 0 Å². The molecule has 0 fully saturated rings. The van der Waals surface area contributed by atoms with E-state index in [1.807, 2.05) is 18.2 Å². The molecule has 0 aliphatic heterocycles. The number of halogens is 1. The third-order valence-corrected chi connectivity index (χ3v) is 4.65. The zero-order chi connectivity index (χ0) is 14.7. The summed E-state index contributed by atoms with van der Waals surface area (Å²) in [6.45, 7) is 0.528. The largest absolute Gasteiger partial charge is 0.493 e. The molecule has 1 heterocycles. The normalized spacial score (nSPS) is 10.8. The minimum atomic E-state index is 0.464. The summed E-state index contributed by atoms with van der Waals surface area (Å²) in [4.78, 5) is 0. The zero-order valence-corrected chi connectivity index (χ0v) is 13.2. The number of alkyl halides is 1. The lowest BCUT2D eigenvalue weighted by molar-refractivity contribution is 0.286. The SMILES string of the molecule is COc1cc(CCl)ccc1OCc1csc2ccccc12. The van der Waals surface area contributed by atoms with Crippen molar-refractivity contribution < 1.29 is 9.47 Å². The third-order valence-electron chi connectivity index (χ3n) is 3.33. The van der Waals surface area contributed by atoms with Gasteiger partial charge in [-0.3, -0.25) is 0 Å². The van der Waals surface area contributed by atoms with Crippen LogP contribution in [-0.4, -0.2) is 7.11 Å². The molecule has 21 heavy (non-hydrogen) atoms. The van der Waals surface area contributed by atoms with Gasteiger partial charge in [0.1, 0.15) is 6.61 Å². The number of methoxy groups -OCH3 is 1. The van der Waals surface area contributed by atoms with Crippen LogP contribution in [0.4, 0.5) is 0 Å². The summed E-state index contributed by atoms with van der Waals surface area (Å²) in [7, 11) is 1.64. The average Bonchev–Trinajstić information content (AvgIpc) is 2.96. The van der Waals surface area contributed by atoms with Gasteiger partial charge in [-0.05, 0) is 34.5 Å². The van der Waals surface area contributed by atoms with Gasteiger partial charge in [0.05, 0.1) is 7.11 Å². The van der Waals surface area contributed by atoms with Crippen molar-refractivity contribution in [1.82, 2.24) is 0 Å². The maximum Gasteiger partial charge on any atom is 0.161 e. The van der Waals surface area contributed by atoms with Crippen LogP contribution in [-0.2, 0) is 12.5 Å².